The summed E-state index contributed by atoms with van der Waals surface area (Å²) in [5, 5.41) is 11.4. The maximum atomic E-state index is 12.6. The zero-order chi connectivity index (χ0) is 20.9. The molecule has 4 rings (SSSR count). The molecule has 0 saturated carbocycles. The molecule has 0 unspecified atom stereocenters. The lowest BCUT2D eigenvalue weighted by Gasteiger charge is -2.17. The van der Waals surface area contributed by atoms with Gasteiger partial charge in [-0.25, -0.2) is 0 Å². The predicted molar refractivity (Wildman–Crippen MR) is 113 cm³/mol. The van der Waals surface area contributed by atoms with Crippen molar-refractivity contribution in [3.8, 4) is 5.75 Å². The van der Waals surface area contributed by atoms with Gasteiger partial charge in [0, 0.05) is 36.9 Å². The summed E-state index contributed by atoms with van der Waals surface area (Å²) in [4.78, 5) is 26.7. The van der Waals surface area contributed by atoms with Crippen LogP contribution in [0.15, 0.2) is 28.6 Å². The molecule has 11 heteroatoms. The van der Waals surface area contributed by atoms with E-state index >= 15 is 0 Å². The Labute approximate surface area is 182 Å². The molecule has 0 aliphatic carbocycles. The molecule has 160 valence electrons. The van der Waals surface area contributed by atoms with Gasteiger partial charge in [-0.2, -0.15) is 0 Å². The van der Waals surface area contributed by atoms with Crippen LogP contribution in [0.3, 0.4) is 0 Å². The third-order valence-electron chi connectivity index (χ3n) is 4.77. The highest BCUT2D eigenvalue weighted by molar-refractivity contribution is 8.01. The Morgan fingerprint density at radius 1 is 1.37 bits per heavy atom. The second kappa shape index (κ2) is 9.73. The van der Waals surface area contributed by atoms with Crippen molar-refractivity contribution in [3.63, 3.8) is 0 Å². The number of ether oxygens (including phenoxy) is 3. The van der Waals surface area contributed by atoms with E-state index in [1.54, 1.807) is 29.8 Å². The van der Waals surface area contributed by atoms with Crippen molar-refractivity contribution in [3.05, 3.63) is 24.3 Å². The third-order valence-corrected chi connectivity index (χ3v) is 6.77. The Morgan fingerprint density at radius 2 is 2.20 bits per heavy atom. The SMILES string of the molecule is COc1cccc(N2C[C@H](C(=O)Nc3nnc(SCCC4OCCO4)s3)CC2=O)c1. The van der Waals surface area contributed by atoms with Crippen LogP contribution in [0.2, 0.25) is 0 Å². The van der Waals surface area contributed by atoms with Gasteiger partial charge < -0.3 is 24.4 Å². The lowest BCUT2D eigenvalue weighted by molar-refractivity contribution is -0.122. The van der Waals surface area contributed by atoms with Crippen LogP contribution in [0.4, 0.5) is 10.8 Å². The summed E-state index contributed by atoms with van der Waals surface area (Å²) >= 11 is 2.87. The number of rotatable bonds is 8. The van der Waals surface area contributed by atoms with Crippen LogP contribution in [0.25, 0.3) is 0 Å². The van der Waals surface area contributed by atoms with Gasteiger partial charge in [-0.1, -0.05) is 29.2 Å². The lowest BCUT2D eigenvalue weighted by Crippen LogP contribution is -2.28. The minimum absolute atomic E-state index is 0.0896. The molecule has 2 aliphatic heterocycles. The molecule has 30 heavy (non-hydrogen) atoms. The number of hydrogen-bond donors (Lipinski definition) is 1. The molecular formula is C19H22N4O5S2. The monoisotopic (exact) mass is 450 g/mol. The van der Waals surface area contributed by atoms with Gasteiger partial charge in [0.2, 0.25) is 16.9 Å². The van der Waals surface area contributed by atoms with E-state index in [2.05, 4.69) is 15.5 Å². The fourth-order valence-corrected chi connectivity index (χ4v) is 5.04. The van der Waals surface area contributed by atoms with Crippen molar-refractivity contribution in [2.45, 2.75) is 23.5 Å². The standard InChI is InChI=1S/C19H22N4O5S2/c1-26-14-4-2-3-13(10-14)23-11-12(9-15(23)24)17(25)20-18-21-22-19(30-18)29-8-5-16-27-6-7-28-16/h2-4,10,12,16H,5-9,11H2,1H3,(H,20,21,25)/t12-/m1/s1. The number of amides is 2. The van der Waals surface area contributed by atoms with Crippen LogP contribution in [0.5, 0.6) is 5.75 Å². The van der Waals surface area contributed by atoms with E-state index in [1.165, 1.54) is 11.3 Å². The zero-order valence-electron chi connectivity index (χ0n) is 16.4. The van der Waals surface area contributed by atoms with Gasteiger partial charge in [0.1, 0.15) is 5.75 Å². The molecule has 2 aromatic rings. The molecule has 0 spiro atoms. The Bertz CT molecular complexity index is 903. The highest BCUT2D eigenvalue weighted by Crippen LogP contribution is 2.30. The predicted octanol–water partition coefficient (Wildman–Crippen LogP) is 2.39. The normalized spacial score (nSPS) is 19.4. The summed E-state index contributed by atoms with van der Waals surface area (Å²) < 4.78 is 16.8. The number of methoxy groups -OCH3 is 1. The first-order valence-corrected chi connectivity index (χ1v) is 11.4. The summed E-state index contributed by atoms with van der Waals surface area (Å²) in [5.41, 5.74) is 0.722. The topological polar surface area (TPSA) is 103 Å². The Morgan fingerprint density at radius 3 is 3.00 bits per heavy atom. The Balaban J connectivity index is 1.28. The number of nitrogens with one attached hydrogen (secondary N) is 1. The highest BCUT2D eigenvalue weighted by atomic mass is 32.2. The summed E-state index contributed by atoms with van der Waals surface area (Å²) in [6.45, 7) is 1.60. The molecule has 0 radical (unpaired) electrons. The van der Waals surface area contributed by atoms with Crippen LogP contribution in [-0.4, -0.2) is 60.9 Å². The molecule has 2 fully saturated rings. The Hall–Kier alpha value is -2.21. The summed E-state index contributed by atoms with van der Waals surface area (Å²) in [7, 11) is 1.58. The molecule has 0 bridgehead atoms. The van der Waals surface area contributed by atoms with Gasteiger partial charge >= 0.3 is 0 Å². The first-order valence-electron chi connectivity index (χ1n) is 9.57. The molecule has 2 amide bonds. The highest BCUT2D eigenvalue weighted by Gasteiger charge is 2.35. The van der Waals surface area contributed by atoms with Crippen LogP contribution >= 0.6 is 23.1 Å². The van der Waals surface area contributed by atoms with Crippen LogP contribution < -0.4 is 15.0 Å². The van der Waals surface area contributed by atoms with Crippen LogP contribution in [0.1, 0.15) is 12.8 Å². The summed E-state index contributed by atoms with van der Waals surface area (Å²) in [6.07, 6.45) is 0.790. The van der Waals surface area contributed by atoms with Gasteiger partial charge in [-0.3, -0.25) is 9.59 Å². The molecule has 1 atom stereocenters. The first-order chi connectivity index (χ1) is 14.6. The minimum atomic E-state index is -0.444. The van der Waals surface area contributed by atoms with E-state index in [1.807, 2.05) is 18.2 Å². The van der Waals surface area contributed by atoms with E-state index in [0.29, 0.717) is 30.6 Å². The van der Waals surface area contributed by atoms with Crippen LogP contribution in [0, 0.1) is 5.92 Å². The number of thioether (sulfide) groups is 1. The van der Waals surface area contributed by atoms with E-state index in [0.717, 1.165) is 22.2 Å². The largest absolute Gasteiger partial charge is 0.497 e. The average Bonchev–Trinajstić information content (AvgIpc) is 3.50. The molecule has 1 aromatic carbocycles. The van der Waals surface area contributed by atoms with Gasteiger partial charge in [-0.05, 0) is 12.1 Å². The number of anilines is 2. The second-order valence-electron chi connectivity index (χ2n) is 6.78. The van der Waals surface area contributed by atoms with Gasteiger partial charge in [-0.15, -0.1) is 10.2 Å². The molecule has 2 saturated heterocycles. The maximum Gasteiger partial charge on any atom is 0.231 e. The lowest BCUT2D eigenvalue weighted by atomic mass is 10.1. The van der Waals surface area contributed by atoms with Crippen molar-refractivity contribution in [2.24, 2.45) is 5.92 Å². The van der Waals surface area contributed by atoms with E-state index < -0.39 is 5.92 Å². The fourth-order valence-electron chi connectivity index (χ4n) is 3.25. The molecule has 3 heterocycles. The number of nitrogens with zero attached hydrogens (tertiary/aromatic N) is 3. The van der Waals surface area contributed by atoms with Crippen molar-refractivity contribution in [2.75, 3.05) is 42.8 Å². The van der Waals surface area contributed by atoms with E-state index in [4.69, 9.17) is 14.2 Å². The second-order valence-corrected chi connectivity index (χ2v) is 9.10. The van der Waals surface area contributed by atoms with Crippen molar-refractivity contribution in [1.29, 1.82) is 0 Å². The van der Waals surface area contributed by atoms with Gasteiger partial charge in [0.05, 0.1) is 26.2 Å². The summed E-state index contributed by atoms with van der Waals surface area (Å²) in [5.74, 6) is 0.695. The zero-order valence-corrected chi connectivity index (χ0v) is 18.0. The average molecular weight is 451 g/mol. The quantitative estimate of drug-likeness (QED) is 0.483. The number of hydrogen-bond acceptors (Lipinski definition) is 9. The molecule has 1 N–H and O–H groups in total. The maximum absolute atomic E-state index is 12.6. The number of aromatic nitrogens is 2. The number of carbonyl (C=O) groups excluding carboxylic acids is 2. The van der Waals surface area contributed by atoms with E-state index in [9.17, 15) is 9.59 Å². The van der Waals surface area contributed by atoms with Crippen molar-refractivity contribution >= 4 is 45.7 Å². The molecular weight excluding hydrogens is 428 g/mol. The third kappa shape index (κ3) is 5.09. The first kappa shape index (κ1) is 21.0. The minimum Gasteiger partial charge on any atom is -0.497 e. The molecule has 1 aromatic heterocycles. The smallest absolute Gasteiger partial charge is 0.231 e. The van der Waals surface area contributed by atoms with Crippen LogP contribution in [-0.2, 0) is 19.1 Å². The molecule has 2 aliphatic rings. The van der Waals surface area contributed by atoms with E-state index in [-0.39, 0.29) is 24.5 Å². The number of benzene rings is 1. The van der Waals surface area contributed by atoms with Crippen molar-refractivity contribution in [1.82, 2.24) is 10.2 Å². The fraction of sp³-hybridized carbons (Fsp3) is 0.474. The number of carbonyl (C=O) groups is 2. The summed E-state index contributed by atoms with van der Waals surface area (Å²) in [6, 6.07) is 7.25. The van der Waals surface area contributed by atoms with Gasteiger partial charge in [0.15, 0.2) is 10.6 Å². The van der Waals surface area contributed by atoms with Gasteiger partial charge in [0.25, 0.3) is 0 Å². The Kier molecular flexibility index (Phi) is 6.82. The van der Waals surface area contributed by atoms with Crippen molar-refractivity contribution < 1.29 is 23.8 Å². The molecule has 9 nitrogen and oxygen atoms in total.